The average molecular weight is 397 g/mol. The Bertz CT molecular complexity index is 1150. The number of para-hydroxylation sites is 2. The molecule has 1 atom stereocenters. The molecule has 0 spiro atoms. The molecule has 1 aliphatic heterocycles. The number of hydrogen-bond donors (Lipinski definition) is 2. The number of nitrogens with one attached hydrogen (secondary N) is 2. The van der Waals surface area contributed by atoms with E-state index >= 15 is 0 Å². The van der Waals surface area contributed by atoms with E-state index in [0.29, 0.717) is 12.8 Å². The molecule has 0 saturated carbocycles. The summed E-state index contributed by atoms with van der Waals surface area (Å²) in [6, 6.07) is 23.7. The first-order valence-corrected chi connectivity index (χ1v) is 10.3. The lowest BCUT2D eigenvalue weighted by molar-refractivity contribution is -0.121. The molecule has 1 amide bonds. The van der Waals surface area contributed by atoms with Crippen LogP contribution in [0.3, 0.4) is 0 Å². The Kier molecular flexibility index (Phi) is 4.93. The molecule has 4 aromatic rings. The van der Waals surface area contributed by atoms with E-state index in [4.69, 9.17) is 9.72 Å². The third-order valence-electron chi connectivity index (χ3n) is 5.51. The molecular weight excluding hydrogens is 374 g/mol. The molecule has 2 heterocycles. The second kappa shape index (κ2) is 8.03. The number of nitrogens with zero attached hydrogens (tertiary/aromatic N) is 1. The Balaban J connectivity index is 1.33. The molecule has 0 aliphatic carbocycles. The largest absolute Gasteiger partial charge is 0.493 e. The number of aryl methyl sites for hydroxylation is 1. The quantitative estimate of drug-likeness (QED) is 0.509. The summed E-state index contributed by atoms with van der Waals surface area (Å²) in [5.41, 5.74) is 5.25. The topological polar surface area (TPSA) is 67.0 Å². The van der Waals surface area contributed by atoms with Crippen LogP contribution in [0.2, 0.25) is 0 Å². The predicted molar refractivity (Wildman–Crippen MR) is 116 cm³/mol. The van der Waals surface area contributed by atoms with E-state index in [1.165, 1.54) is 5.56 Å². The number of carbonyl (C=O) groups excluding carboxylic acids is 1. The summed E-state index contributed by atoms with van der Waals surface area (Å²) < 4.78 is 5.56. The van der Waals surface area contributed by atoms with Gasteiger partial charge in [0.2, 0.25) is 5.91 Å². The number of rotatable bonds is 6. The van der Waals surface area contributed by atoms with Crippen LogP contribution in [-0.2, 0) is 17.6 Å². The molecule has 5 nitrogen and oxygen atoms in total. The highest BCUT2D eigenvalue weighted by atomic mass is 16.5. The van der Waals surface area contributed by atoms with Crippen molar-refractivity contribution in [2.75, 3.05) is 6.61 Å². The number of aromatic nitrogens is 2. The number of amides is 1. The van der Waals surface area contributed by atoms with E-state index in [9.17, 15) is 4.79 Å². The molecule has 1 aromatic heterocycles. The lowest BCUT2D eigenvalue weighted by Gasteiger charge is -2.17. The average Bonchev–Trinajstić information content (AvgIpc) is 3.43. The molecule has 5 rings (SSSR count). The van der Waals surface area contributed by atoms with Crippen molar-refractivity contribution in [1.82, 2.24) is 15.3 Å². The minimum absolute atomic E-state index is 0.000979. The first kappa shape index (κ1) is 18.4. The summed E-state index contributed by atoms with van der Waals surface area (Å²) in [7, 11) is 0. The lowest BCUT2D eigenvalue weighted by Crippen LogP contribution is -2.30. The number of aromatic amines is 1. The number of imidazole rings is 1. The van der Waals surface area contributed by atoms with Crippen molar-refractivity contribution < 1.29 is 9.53 Å². The lowest BCUT2D eigenvalue weighted by atomic mass is 10.0. The fourth-order valence-corrected chi connectivity index (χ4v) is 3.95. The highest BCUT2D eigenvalue weighted by Gasteiger charge is 2.20. The van der Waals surface area contributed by atoms with Crippen LogP contribution in [0.4, 0.5) is 0 Å². The SMILES string of the molecule is O=C(CCc1ccc2c(c1)CCO2)N[C@H](c1ccccc1)c1nc2ccccc2[nH]1. The minimum atomic E-state index is -0.320. The summed E-state index contributed by atoms with van der Waals surface area (Å²) in [5, 5.41) is 3.18. The molecule has 0 unspecified atom stereocenters. The summed E-state index contributed by atoms with van der Waals surface area (Å²) in [6.07, 6.45) is 2.06. The maximum absolute atomic E-state index is 12.8. The zero-order chi connectivity index (χ0) is 20.3. The van der Waals surface area contributed by atoms with Gasteiger partial charge in [-0.1, -0.05) is 54.6 Å². The third-order valence-corrected chi connectivity index (χ3v) is 5.51. The molecule has 150 valence electrons. The highest BCUT2D eigenvalue weighted by Crippen LogP contribution is 2.27. The number of fused-ring (bicyclic) bond motifs is 2. The van der Waals surface area contributed by atoms with E-state index in [1.807, 2.05) is 66.7 Å². The van der Waals surface area contributed by atoms with Crippen LogP contribution in [0.5, 0.6) is 5.75 Å². The Hall–Kier alpha value is -3.60. The van der Waals surface area contributed by atoms with Gasteiger partial charge in [-0.3, -0.25) is 4.79 Å². The van der Waals surface area contributed by atoms with Crippen LogP contribution in [0.25, 0.3) is 11.0 Å². The van der Waals surface area contributed by atoms with Gasteiger partial charge < -0.3 is 15.0 Å². The van der Waals surface area contributed by atoms with Crippen LogP contribution >= 0.6 is 0 Å². The van der Waals surface area contributed by atoms with Gasteiger partial charge in [0.15, 0.2) is 0 Å². The van der Waals surface area contributed by atoms with Crippen molar-refractivity contribution in [1.29, 1.82) is 0 Å². The normalized spacial score (nSPS) is 13.6. The Morgan fingerprint density at radius 1 is 1.07 bits per heavy atom. The molecule has 1 aliphatic rings. The van der Waals surface area contributed by atoms with Crippen LogP contribution in [0.1, 0.15) is 35.0 Å². The number of ether oxygens (including phenoxy) is 1. The first-order valence-electron chi connectivity index (χ1n) is 10.3. The monoisotopic (exact) mass is 397 g/mol. The van der Waals surface area contributed by atoms with Crippen molar-refractivity contribution in [3.05, 3.63) is 95.3 Å². The van der Waals surface area contributed by atoms with Gasteiger partial charge in [-0.2, -0.15) is 0 Å². The Labute approximate surface area is 175 Å². The Morgan fingerprint density at radius 3 is 2.77 bits per heavy atom. The van der Waals surface area contributed by atoms with Crippen LogP contribution in [-0.4, -0.2) is 22.5 Å². The first-order chi connectivity index (χ1) is 14.8. The van der Waals surface area contributed by atoms with Gasteiger partial charge in [0.05, 0.1) is 17.6 Å². The molecule has 5 heteroatoms. The zero-order valence-electron chi connectivity index (χ0n) is 16.6. The predicted octanol–water partition coefficient (Wildman–Crippen LogP) is 4.34. The number of benzene rings is 3. The molecule has 0 bridgehead atoms. The molecule has 0 saturated heterocycles. The van der Waals surface area contributed by atoms with E-state index in [2.05, 4.69) is 16.4 Å². The molecule has 0 radical (unpaired) electrons. The van der Waals surface area contributed by atoms with Gasteiger partial charge in [0.25, 0.3) is 0 Å². The van der Waals surface area contributed by atoms with E-state index in [-0.39, 0.29) is 11.9 Å². The second-order valence-electron chi connectivity index (χ2n) is 7.59. The maximum atomic E-state index is 12.8. The summed E-state index contributed by atoms with van der Waals surface area (Å²) in [6.45, 7) is 0.746. The van der Waals surface area contributed by atoms with E-state index < -0.39 is 0 Å². The molecule has 2 N–H and O–H groups in total. The van der Waals surface area contributed by atoms with Gasteiger partial charge in [0, 0.05) is 12.8 Å². The van der Waals surface area contributed by atoms with Gasteiger partial charge >= 0.3 is 0 Å². The summed E-state index contributed by atoms with van der Waals surface area (Å²) >= 11 is 0. The summed E-state index contributed by atoms with van der Waals surface area (Å²) in [4.78, 5) is 20.9. The Morgan fingerprint density at radius 2 is 1.90 bits per heavy atom. The molecular formula is C25H23N3O2. The highest BCUT2D eigenvalue weighted by molar-refractivity contribution is 5.78. The fraction of sp³-hybridized carbons (Fsp3) is 0.200. The van der Waals surface area contributed by atoms with Crippen molar-refractivity contribution in [3.63, 3.8) is 0 Å². The number of H-pyrrole nitrogens is 1. The number of hydrogen-bond acceptors (Lipinski definition) is 3. The smallest absolute Gasteiger partial charge is 0.221 e. The standard InChI is InChI=1S/C25H23N3O2/c29-23(13-11-17-10-12-22-19(16-17)14-15-30-22)28-24(18-6-2-1-3-7-18)25-26-20-8-4-5-9-21(20)27-25/h1-10,12,16,24H,11,13-15H2,(H,26,27)(H,28,29)/t24-/m1/s1. The van der Waals surface area contributed by atoms with Gasteiger partial charge in [-0.15, -0.1) is 0 Å². The zero-order valence-corrected chi connectivity index (χ0v) is 16.6. The van der Waals surface area contributed by atoms with Crippen molar-refractivity contribution in [3.8, 4) is 5.75 Å². The summed E-state index contributed by atoms with van der Waals surface area (Å²) in [5.74, 6) is 1.71. The van der Waals surface area contributed by atoms with Gasteiger partial charge in [0.1, 0.15) is 17.6 Å². The van der Waals surface area contributed by atoms with Crippen LogP contribution in [0, 0.1) is 0 Å². The van der Waals surface area contributed by atoms with Gasteiger partial charge in [-0.25, -0.2) is 4.98 Å². The fourth-order valence-electron chi connectivity index (χ4n) is 3.95. The van der Waals surface area contributed by atoms with Crippen molar-refractivity contribution in [2.45, 2.75) is 25.3 Å². The van der Waals surface area contributed by atoms with Crippen molar-refractivity contribution in [2.24, 2.45) is 0 Å². The molecule has 30 heavy (non-hydrogen) atoms. The number of carbonyl (C=O) groups is 1. The van der Waals surface area contributed by atoms with Gasteiger partial charge in [-0.05, 0) is 41.3 Å². The van der Waals surface area contributed by atoms with Crippen LogP contribution in [0.15, 0.2) is 72.8 Å². The molecule has 3 aromatic carbocycles. The second-order valence-corrected chi connectivity index (χ2v) is 7.59. The van der Waals surface area contributed by atoms with E-state index in [0.717, 1.165) is 46.8 Å². The molecule has 0 fully saturated rings. The minimum Gasteiger partial charge on any atom is -0.493 e. The van der Waals surface area contributed by atoms with E-state index in [1.54, 1.807) is 0 Å². The maximum Gasteiger partial charge on any atom is 0.221 e. The third kappa shape index (κ3) is 3.79. The van der Waals surface area contributed by atoms with Crippen LogP contribution < -0.4 is 10.1 Å². The van der Waals surface area contributed by atoms with Crippen molar-refractivity contribution >= 4 is 16.9 Å².